The fourth-order valence-corrected chi connectivity index (χ4v) is 5.63. The third-order valence-corrected chi connectivity index (χ3v) is 7.40. The van der Waals surface area contributed by atoms with E-state index in [1.165, 1.54) is 10.4 Å². The minimum absolute atomic E-state index is 0.0613. The van der Waals surface area contributed by atoms with Crippen LogP contribution in [0.15, 0.2) is 42.5 Å². The van der Waals surface area contributed by atoms with E-state index in [9.17, 15) is 4.79 Å². The number of nitrogens with zero attached hydrogens (tertiary/aromatic N) is 1. The molecule has 0 saturated carbocycles. The zero-order valence-corrected chi connectivity index (χ0v) is 18.8. The van der Waals surface area contributed by atoms with Crippen LogP contribution in [-0.4, -0.2) is 30.1 Å². The first kappa shape index (κ1) is 20.7. The minimum Gasteiger partial charge on any atom is -0.372 e. The lowest BCUT2D eigenvalue weighted by Crippen LogP contribution is -2.27. The molecule has 3 heterocycles. The van der Waals surface area contributed by atoms with E-state index in [2.05, 4.69) is 41.0 Å². The Morgan fingerprint density at radius 3 is 2.97 bits per heavy atom. The van der Waals surface area contributed by atoms with Crippen LogP contribution < -0.4 is 10.6 Å². The summed E-state index contributed by atoms with van der Waals surface area (Å²) in [6.45, 7) is 1.65. The first-order valence-corrected chi connectivity index (χ1v) is 12.2. The van der Waals surface area contributed by atoms with E-state index in [4.69, 9.17) is 21.3 Å². The number of fused-ring (bicyclic) bond motifs is 1. The van der Waals surface area contributed by atoms with E-state index in [0.717, 1.165) is 60.3 Å². The maximum Gasteiger partial charge on any atom is 0.221 e. The Kier molecular flexibility index (Phi) is 6.12. The summed E-state index contributed by atoms with van der Waals surface area (Å²) in [5.41, 5.74) is 3.49. The summed E-state index contributed by atoms with van der Waals surface area (Å²) in [7, 11) is 0. The minimum atomic E-state index is 0.0613. The number of thiazole rings is 1. The van der Waals surface area contributed by atoms with Crippen LogP contribution in [0.25, 0.3) is 5.57 Å². The number of benzene rings is 1. The van der Waals surface area contributed by atoms with Crippen LogP contribution in [0.1, 0.15) is 47.9 Å². The normalized spacial score (nSPS) is 24.7. The van der Waals surface area contributed by atoms with Crippen LogP contribution in [0.2, 0.25) is 5.02 Å². The van der Waals surface area contributed by atoms with Gasteiger partial charge in [0.2, 0.25) is 5.91 Å². The number of ether oxygens (including phenoxy) is 1. The summed E-state index contributed by atoms with van der Waals surface area (Å²) < 4.78 is 5.97. The monoisotopic (exact) mass is 455 g/mol. The lowest BCUT2D eigenvalue weighted by molar-refractivity contribution is -0.119. The molecule has 2 saturated heterocycles. The van der Waals surface area contributed by atoms with E-state index in [0.29, 0.717) is 6.42 Å². The zero-order chi connectivity index (χ0) is 21.2. The molecule has 1 aromatic heterocycles. The van der Waals surface area contributed by atoms with Gasteiger partial charge in [0.1, 0.15) is 6.10 Å². The van der Waals surface area contributed by atoms with Crippen molar-refractivity contribution in [1.82, 2.24) is 10.3 Å². The molecule has 3 atom stereocenters. The van der Waals surface area contributed by atoms with Gasteiger partial charge >= 0.3 is 0 Å². The first-order chi connectivity index (χ1) is 15.2. The van der Waals surface area contributed by atoms with Crippen LogP contribution in [-0.2, 0) is 16.0 Å². The number of amides is 1. The van der Waals surface area contributed by atoms with Gasteiger partial charge in [-0.3, -0.25) is 4.79 Å². The van der Waals surface area contributed by atoms with Crippen molar-refractivity contribution in [2.75, 3.05) is 18.5 Å². The second-order valence-electron chi connectivity index (χ2n) is 8.33. The van der Waals surface area contributed by atoms with Crippen LogP contribution >= 0.6 is 22.9 Å². The molecule has 2 aliphatic heterocycles. The molecule has 2 fully saturated rings. The number of halogens is 1. The average Bonchev–Trinajstić information content (AvgIpc) is 3.50. The van der Waals surface area contributed by atoms with Crippen LogP contribution in [0.4, 0.5) is 5.13 Å². The highest BCUT2D eigenvalue weighted by molar-refractivity contribution is 7.16. The van der Waals surface area contributed by atoms with Gasteiger partial charge < -0.3 is 15.4 Å². The molecular formula is C24H26ClN3O2S. The van der Waals surface area contributed by atoms with Crippen LogP contribution in [0, 0.1) is 5.92 Å². The molecule has 1 aromatic carbocycles. The summed E-state index contributed by atoms with van der Waals surface area (Å²) in [6, 6.07) is 8.17. The molecule has 1 aliphatic carbocycles. The molecule has 2 N–H and O–H groups in total. The lowest BCUT2D eigenvalue weighted by atomic mass is 9.91. The number of aryl methyl sites for hydroxylation is 1. The highest BCUT2D eigenvalue weighted by atomic mass is 35.5. The fourth-order valence-electron chi connectivity index (χ4n) is 4.46. The largest absolute Gasteiger partial charge is 0.372 e. The average molecular weight is 456 g/mol. The van der Waals surface area contributed by atoms with Gasteiger partial charge in [0, 0.05) is 30.5 Å². The van der Waals surface area contributed by atoms with Crippen molar-refractivity contribution < 1.29 is 9.53 Å². The Bertz CT molecular complexity index is 1010. The van der Waals surface area contributed by atoms with Crippen LogP contribution in [0.5, 0.6) is 0 Å². The highest BCUT2D eigenvalue weighted by Gasteiger charge is 2.33. The molecule has 3 unspecified atom stereocenters. The molecule has 0 spiro atoms. The Morgan fingerprint density at radius 2 is 2.16 bits per heavy atom. The number of rotatable bonds is 7. The zero-order valence-electron chi connectivity index (χ0n) is 17.3. The number of allylic oxidation sites excluding steroid dienone is 2. The van der Waals surface area contributed by atoms with Crippen molar-refractivity contribution >= 4 is 39.5 Å². The van der Waals surface area contributed by atoms with E-state index >= 15 is 0 Å². The molecule has 0 radical (unpaired) electrons. The number of carbonyl (C=O) groups excluding carboxylic acids is 1. The van der Waals surface area contributed by atoms with Crippen molar-refractivity contribution in [1.29, 1.82) is 0 Å². The van der Waals surface area contributed by atoms with Crippen molar-refractivity contribution in [2.24, 2.45) is 5.92 Å². The third-order valence-electron chi connectivity index (χ3n) is 6.07. The second-order valence-corrected chi connectivity index (χ2v) is 9.77. The number of hydrogen-bond acceptors (Lipinski definition) is 5. The summed E-state index contributed by atoms with van der Waals surface area (Å²) in [4.78, 5) is 17.9. The van der Waals surface area contributed by atoms with Crippen molar-refractivity contribution in [3.8, 4) is 0 Å². The van der Waals surface area contributed by atoms with Gasteiger partial charge in [0.05, 0.1) is 16.6 Å². The predicted octanol–water partition coefficient (Wildman–Crippen LogP) is 5.15. The van der Waals surface area contributed by atoms with E-state index in [-0.39, 0.29) is 24.0 Å². The number of carbonyl (C=O) groups is 1. The fraction of sp³-hybridized carbons (Fsp3) is 0.417. The second kappa shape index (κ2) is 9.15. The maximum absolute atomic E-state index is 11.8. The number of aromatic nitrogens is 1. The highest BCUT2D eigenvalue weighted by Crippen LogP contribution is 2.41. The SMILES string of the molecule is O=C1CC2C=C(c3sc(NCCCc4ccc(Cl)cc4)nc3C3CCCO3)C=CC2N1. The number of anilines is 1. The van der Waals surface area contributed by atoms with Crippen LogP contribution in [0.3, 0.4) is 0 Å². The van der Waals surface area contributed by atoms with Gasteiger partial charge in [-0.2, -0.15) is 0 Å². The smallest absolute Gasteiger partial charge is 0.221 e. The molecule has 162 valence electrons. The van der Waals surface area contributed by atoms with Gasteiger partial charge in [-0.05, 0) is 49.0 Å². The van der Waals surface area contributed by atoms with Crippen molar-refractivity contribution in [3.05, 3.63) is 63.7 Å². The first-order valence-electron chi connectivity index (χ1n) is 11.0. The number of hydrogen-bond donors (Lipinski definition) is 2. The molecule has 1 amide bonds. The summed E-state index contributed by atoms with van der Waals surface area (Å²) in [5, 5.41) is 8.25. The van der Waals surface area contributed by atoms with E-state index in [1.54, 1.807) is 11.3 Å². The third kappa shape index (κ3) is 4.71. The lowest BCUT2D eigenvalue weighted by Gasteiger charge is -2.18. The van der Waals surface area contributed by atoms with E-state index < -0.39 is 0 Å². The Balaban J connectivity index is 1.29. The molecule has 5 rings (SSSR count). The standard InChI is InChI=1S/C24H26ClN3O2S/c25-18-8-5-15(6-9-18)3-1-11-26-24-28-22(20-4-2-12-30-20)23(31-24)16-7-10-19-17(13-16)14-21(29)27-19/h5-10,13,17,19-20H,1-4,11-12,14H2,(H,26,28)(H,27,29). The topological polar surface area (TPSA) is 63.2 Å². The van der Waals surface area contributed by atoms with Gasteiger partial charge in [0.15, 0.2) is 5.13 Å². The van der Waals surface area contributed by atoms with Gasteiger partial charge in [-0.25, -0.2) is 4.98 Å². The van der Waals surface area contributed by atoms with Crippen molar-refractivity contribution in [3.63, 3.8) is 0 Å². The van der Waals surface area contributed by atoms with Gasteiger partial charge in [-0.1, -0.05) is 53.3 Å². The summed E-state index contributed by atoms with van der Waals surface area (Å²) in [5.74, 6) is 0.353. The Labute approximate surface area is 191 Å². The molecule has 5 nitrogen and oxygen atoms in total. The van der Waals surface area contributed by atoms with E-state index in [1.807, 2.05) is 12.1 Å². The summed E-state index contributed by atoms with van der Waals surface area (Å²) in [6.07, 6.45) is 11.2. The molecule has 3 aliphatic rings. The maximum atomic E-state index is 11.8. The number of nitrogens with one attached hydrogen (secondary N) is 2. The predicted molar refractivity (Wildman–Crippen MR) is 125 cm³/mol. The molecule has 7 heteroatoms. The van der Waals surface area contributed by atoms with Gasteiger partial charge in [-0.15, -0.1) is 0 Å². The molecule has 2 aromatic rings. The quantitative estimate of drug-likeness (QED) is 0.566. The molecule has 31 heavy (non-hydrogen) atoms. The molecular weight excluding hydrogens is 430 g/mol. The van der Waals surface area contributed by atoms with Crippen molar-refractivity contribution in [2.45, 2.75) is 44.2 Å². The Morgan fingerprint density at radius 1 is 1.29 bits per heavy atom. The summed E-state index contributed by atoms with van der Waals surface area (Å²) >= 11 is 7.66. The Hall–Kier alpha value is -2.15. The van der Waals surface area contributed by atoms with Gasteiger partial charge in [0.25, 0.3) is 0 Å². The molecule has 0 bridgehead atoms.